The van der Waals surface area contributed by atoms with E-state index in [1.807, 2.05) is 16.3 Å². The minimum absolute atomic E-state index is 0.118. The van der Waals surface area contributed by atoms with Gasteiger partial charge in [-0.2, -0.15) is 11.8 Å². The Morgan fingerprint density at radius 1 is 1.50 bits per heavy atom. The number of fused-ring (bicyclic) bond motifs is 1. The molecule has 1 aliphatic heterocycles. The number of nitrogen functional groups attached to an aromatic ring is 1. The van der Waals surface area contributed by atoms with E-state index in [2.05, 4.69) is 4.98 Å². The minimum atomic E-state index is -0.452. The van der Waals surface area contributed by atoms with Gasteiger partial charge in [-0.05, 0) is 24.7 Å². The average Bonchev–Trinajstić information content (AvgIpc) is 2.66. The van der Waals surface area contributed by atoms with Gasteiger partial charge in [0.2, 0.25) is 5.95 Å². The van der Waals surface area contributed by atoms with E-state index in [9.17, 15) is 4.39 Å². The molecule has 1 aromatic heterocycles. The van der Waals surface area contributed by atoms with Gasteiger partial charge in [0.15, 0.2) is 0 Å². The maximum atomic E-state index is 13.4. The van der Waals surface area contributed by atoms with Crippen LogP contribution >= 0.6 is 23.4 Å². The number of rotatable bonds is 1. The van der Waals surface area contributed by atoms with Crippen molar-refractivity contribution in [1.82, 2.24) is 9.55 Å². The molecular formula is C12H13ClFN3S. The lowest BCUT2D eigenvalue weighted by atomic mass is 10.1. The van der Waals surface area contributed by atoms with Crippen LogP contribution in [-0.2, 0) is 0 Å². The van der Waals surface area contributed by atoms with Crippen LogP contribution in [0.2, 0.25) is 5.02 Å². The molecule has 1 saturated heterocycles. The van der Waals surface area contributed by atoms with Crippen LogP contribution in [0.15, 0.2) is 12.1 Å². The molecular weight excluding hydrogens is 273 g/mol. The van der Waals surface area contributed by atoms with Gasteiger partial charge in [-0.1, -0.05) is 11.6 Å². The summed E-state index contributed by atoms with van der Waals surface area (Å²) in [5.74, 6) is 2.20. The van der Waals surface area contributed by atoms with Gasteiger partial charge in [0.1, 0.15) is 5.82 Å². The van der Waals surface area contributed by atoms with E-state index in [1.54, 1.807) is 6.07 Å². The summed E-state index contributed by atoms with van der Waals surface area (Å²) in [6, 6.07) is 3.30. The van der Waals surface area contributed by atoms with Gasteiger partial charge in [-0.3, -0.25) is 0 Å². The highest BCUT2D eigenvalue weighted by Crippen LogP contribution is 2.33. The predicted octanol–water partition coefficient (Wildman–Crippen LogP) is 3.48. The van der Waals surface area contributed by atoms with Crippen molar-refractivity contribution in [2.45, 2.75) is 18.9 Å². The Labute approximate surface area is 114 Å². The highest BCUT2D eigenvalue weighted by Gasteiger charge is 2.21. The van der Waals surface area contributed by atoms with E-state index < -0.39 is 5.82 Å². The highest BCUT2D eigenvalue weighted by molar-refractivity contribution is 7.99. The van der Waals surface area contributed by atoms with Gasteiger partial charge in [-0.25, -0.2) is 9.37 Å². The Morgan fingerprint density at radius 3 is 3.06 bits per heavy atom. The zero-order chi connectivity index (χ0) is 12.7. The molecule has 3 nitrogen and oxygen atoms in total. The van der Waals surface area contributed by atoms with Crippen molar-refractivity contribution >= 4 is 40.3 Å². The summed E-state index contributed by atoms with van der Waals surface area (Å²) in [6.07, 6.45) is 2.25. The molecule has 2 N–H and O–H groups in total. The highest BCUT2D eigenvalue weighted by atomic mass is 35.5. The predicted molar refractivity (Wildman–Crippen MR) is 74.7 cm³/mol. The normalized spacial score (nSPS) is 20.4. The molecule has 2 heterocycles. The summed E-state index contributed by atoms with van der Waals surface area (Å²) < 4.78 is 15.4. The first kappa shape index (κ1) is 12.1. The lowest BCUT2D eigenvalue weighted by Crippen LogP contribution is -2.17. The molecule has 1 atom stereocenters. The third kappa shape index (κ3) is 1.95. The zero-order valence-corrected chi connectivity index (χ0v) is 11.3. The number of anilines is 1. The summed E-state index contributed by atoms with van der Waals surface area (Å²) in [6.45, 7) is 0. The Kier molecular flexibility index (Phi) is 3.11. The molecule has 0 amide bonds. The summed E-state index contributed by atoms with van der Waals surface area (Å²) in [4.78, 5) is 4.22. The van der Waals surface area contributed by atoms with Crippen LogP contribution in [0.25, 0.3) is 11.0 Å². The van der Waals surface area contributed by atoms with Crippen molar-refractivity contribution in [3.8, 4) is 0 Å². The number of benzene rings is 1. The smallest absolute Gasteiger partial charge is 0.201 e. The molecule has 18 heavy (non-hydrogen) atoms. The lowest BCUT2D eigenvalue weighted by Gasteiger charge is -2.24. The first-order chi connectivity index (χ1) is 8.66. The molecule has 1 aromatic carbocycles. The van der Waals surface area contributed by atoms with Crippen LogP contribution in [0, 0.1) is 5.82 Å². The molecule has 0 radical (unpaired) electrons. The fraction of sp³-hybridized carbons (Fsp3) is 0.417. The van der Waals surface area contributed by atoms with Crippen molar-refractivity contribution in [1.29, 1.82) is 0 Å². The maximum absolute atomic E-state index is 13.4. The van der Waals surface area contributed by atoms with E-state index in [0.717, 1.165) is 17.7 Å². The Bertz CT molecular complexity index is 593. The van der Waals surface area contributed by atoms with Crippen molar-refractivity contribution in [3.05, 3.63) is 23.0 Å². The second kappa shape index (κ2) is 4.63. The van der Waals surface area contributed by atoms with Crippen molar-refractivity contribution in [3.63, 3.8) is 0 Å². The SMILES string of the molecule is Nc1nc2cc(F)c(Cl)cc2n1C1CCCSC1. The van der Waals surface area contributed by atoms with Crippen molar-refractivity contribution < 1.29 is 4.39 Å². The van der Waals surface area contributed by atoms with E-state index in [4.69, 9.17) is 17.3 Å². The third-order valence-electron chi connectivity index (χ3n) is 3.26. The molecule has 2 aromatic rings. The topological polar surface area (TPSA) is 43.8 Å². The summed E-state index contributed by atoms with van der Waals surface area (Å²) in [5.41, 5.74) is 7.36. The molecule has 1 unspecified atom stereocenters. The molecule has 96 valence electrons. The number of nitrogens with zero attached hydrogens (tertiary/aromatic N) is 2. The molecule has 6 heteroatoms. The standard InChI is InChI=1S/C12H13ClFN3S/c13-8-4-11-10(5-9(8)14)16-12(15)17(11)7-2-1-3-18-6-7/h4-5,7H,1-3,6H2,(H2,15,16). The summed E-state index contributed by atoms with van der Waals surface area (Å²) in [7, 11) is 0. The third-order valence-corrected chi connectivity index (χ3v) is 4.75. The monoisotopic (exact) mass is 285 g/mol. The number of nitrogens with two attached hydrogens (primary N) is 1. The Hall–Kier alpha value is -0.940. The van der Waals surface area contributed by atoms with Crippen molar-refractivity contribution in [2.24, 2.45) is 0 Å². The fourth-order valence-electron chi connectivity index (χ4n) is 2.42. The van der Waals surface area contributed by atoms with E-state index in [-0.39, 0.29) is 5.02 Å². The van der Waals surface area contributed by atoms with Crippen LogP contribution in [-0.4, -0.2) is 21.1 Å². The molecule has 0 bridgehead atoms. The number of hydrogen-bond acceptors (Lipinski definition) is 3. The van der Waals surface area contributed by atoms with Crippen LogP contribution in [0.3, 0.4) is 0 Å². The summed E-state index contributed by atoms with van der Waals surface area (Å²) >= 11 is 7.76. The zero-order valence-electron chi connectivity index (χ0n) is 9.70. The first-order valence-electron chi connectivity index (χ1n) is 5.87. The second-order valence-electron chi connectivity index (χ2n) is 4.47. The lowest BCUT2D eigenvalue weighted by molar-refractivity contribution is 0.517. The molecule has 1 fully saturated rings. The number of halogens is 2. The van der Waals surface area contributed by atoms with E-state index in [1.165, 1.54) is 18.2 Å². The number of thioether (sulfide) groups is 1. The average molecular weight is 286 g/mol. The number of hydrogen-bond donors (Lipinski definition) is 1. The summed E-state index contributed by atoms with van der Waals surface area (Å²) in [5, 5.41) is 0.118. The van der Waals surface area contributed by atoms with Crippen LogP contribution in [0.5, 0.6) is 0 Å². The van der Waals surface area contributed by atoms with Crippen LogP contribution in [0.4, 0.5) is 10.3 Å². The molecule has 0 spiro atoms. The van der Waals surface area contributed by atoms with Gasteiger partial charge in [0.25, 0.3) is 0 Å². The largest absolute Gasteiger partial charge is 0.369 e. The fourth-order valence-corrected chi connectivity index (χ4v) is 3.70. The molecule has 0 aliphatic carbocycles. The quantitative estimate of drug-likeness (QED) is 0.872. The Balaban J connectivity index is 2.15. The van der Waals surface area contributed by atoms with Gasteiger partial charge in [-0.15, -0.1) is 0 Å². The van der Waals surface area contributed by atoms with Crippen molar-refractivity contribution in [2.75, 3.05) is 17.2 Å². The molecule has 0 saturated carbocycles. The van der Waals surface area contributed by atoms with Gasteiger partial charge in [0, 0.05) is 17.9 Å². The van der Waals surface area contributed by atoms with E-state index in [0.29, 0.717) is 17.5 Å². The van der Waals surface area contributed by atoms with Gasteiger partial charge in [0.05, 0.1) is 16.1 Å². The number of imidazole rings is 1. The Morgan fingerprint density at radius 2 is 2.33 bits per heavy atom. The second-order valence-corrected chi connectivity index (χ2v) is 6.02. The minimum Gasteiger partial charge on any atom is -0.369 e. The van der Waals surface area contributed by atoms with Crippen LogP contribution in [0.1, 0.15) is 18.9 Å². The van der Waals surface area contributed by atoms with Crippen LogP contribution < -0.4 is 5.73 Å². The first-order valence-corrected chi connectivity index (χ1v) is 7.40. The maximum Gasteiger partial charge on any atom is 0.201 e. The van der Waals surface area contributed by atoms with Gasteiger partial charge < -0.3 is 10.3 Å². The van der Waals surface area contributed by atoms with Gasteiger partial charge >= 0.3 is 0 Å². The molecule has 3 rings (SSSR count). The molecule has 1 aliphatic rings. The van der Waals surface area contributed by atoms with E-state index >= 15 is 0 Å². The number of aromatic nitrogens is 2.